The van der Waals surface area contributed by atoms with Crippen LogP contribution in [0.2, 0.25) is 0 Å². The lowest BCUT2D eigenvalue weighted by Crippen LogP contribution is -2.09. The fourth-order valence-electron chi connectivity index (χ4n) is 4.23. The lowest BCUT2D eigenvalue weighted by atomic mass is 9.85. The van der Waals surface area contributed by atoms with Crippen molar-refractivity contribution in [3.05, 3.63) is 70.0 Å². The minimum absolute atomic E-state index is 0.147. The second-order valence-corrected chi connectivity index (χ2v) is 8.39. The Bertz CT molecular complexity index is 1470. The maximum atomic E-state index is 12.7. The summed E-state index contributed by atoms with van der Waals surface area (Å²) in [5.74, 6) is 1.70. The molecule has 0 unspecified atom stereocenters. The second-order valence-electron chi connectivity index (χ2n) is 7.08. The van der Waals surface area contributed by atoms with Crippen LogP contribution in [0, 0.1) is 0 Å². The lowest BCUT2D eigenvalue weighted by Gasteiger charge is -2.21. The molecule has 4 heterocycles. The van der Waals surface area contributed by atoms with E-state index in [2.05, 4.69) is 35.8 Å². The van der Waals surface area contributed by atoms with E-state index in [0.29, 0.717) is 21.8 Å². The first-order valence-electron chi connectivity index (χ1n) is 9.36. The van der Waals surface area contributed by atoms with Crippen LogP contribution in [0.15, 0.2) is 51.9 Å². The summed E-state index contributed by atoms with van der Waals surface area (Å²) in [5.41, 5.74) is 6.11. The first kappa shape index (κ1) is 17.0. The summed E-state index contributed by atoms with van der Waals surface area (Å²) in [6.45, 7) is 0. The molecule has 142 valence electrons. The number of hydrogen-bond donors (Lipinski definition) is 2. The van der Waals surface area contributed by atoms with Crippen molar-refractivity contribution in [2.45, 2.75) is 18.6 Å². The number of benzene rings is 1. The third-order valence-electron chi connectivity index (χ3n) is 5.46. The Morgan fingerprint density at radius 2 is 2.03 bits per heavy atom. The predicted molar refractivity (Wildman–Crippen MR) is 119 cm³/mol. The van der Waals surface area contributed by atoms with Gasteiger partial charge in [0.1, 0.15) is 21.1 Å². The molecule has 0 spiro atoms. The monoisotopic (exact) mass is 417 g/mol. The Morgan fingerprint density at radius 1 is 1.14 bits per heavy atom. The van der Waals surface area contributed by atoms with Crippen molar-refractivity contribution < 1.29 is 4.42 Å². The molecule has 1 aliphatic carbocycles. The van der Waals surface area contributed by atoms with E-state index in [1.165, 1.54) is 16.9 Å². The molecule has 0 amide bonds. The number of aromatic amines is 1. The average molecular weight is 418 g/mol. The smallest absolute Gasteiger partial charge is 0.268 e. The Labute approximate surface area is 174 Å². The highest BCUT2D eigenvalue weighted by Gasteiger charge is 2.27. The van der Waals surface area contributed by atoms with Gasteiger partial charge in [-0.05, 0) is 36.1 Å². The van der Waals surface area contributed by atoms with E-state index in [0.717, 1.165) is 51.2 Å². The van der Waals surface area contributed by atoms with E-state index in [4.69, 9.17) is 14.4 Å². The summed E-state index contributed by atoms with van der Waals surface area (Å²) < 4.78 is 6.42. The van der Waals surface area contributed by atoms with E-state index < -0.39 is 0 Å². The van der Waals surface area contributed by atoms with Gasteiger partial charge < -0.3 is 9.40 Å². The number of aromatic nitrogens is 3. The molecule has 1 aliphatic rings. The molecule has 6 rings (SSSR count). The van der Waals surface area contributed by atoms with Gasteiger partial charge in [-0.3, -0.25) is 4.79 Å². The molecule has 7 heteroatoms. The van der Waals surface area contributed by atoms with Crippen LogP contribution in [-0.4, -0.2) is 15.0 Å². The number of H-pyrrole nitrogens is 1. The van der Waals surface area contributed by atoms with Crippen LogP contribution in [0.4, 0.5) is 0 Å². The standard InChI is InChI=1S/C22H15N3O2S2/c26-21-20-19(23-15(10-28)24-21)17-16(14-6-3-9-27-14)13-8-7-11-4-1-2-5-12(11)18(13)25-22(17)29-20/h1-6,9,28H,7-8,10H2,(H,23,24,26). The molecule has 0 saturated carbocycles. The van der Waals surface area contributed by atoms with Gasteiger partial charge in [0.15, 0.2) is 0 Å². The van der Waals surface area contributed by atoms with Crippen molar-refractivity contribution in [1.82, 2.24) is 15.0 Å². The summed E-state index contributed by atoms with van der Waals surface area (Å²) in [7, 11) is 0. The maximum absolute atomic E-state index is 12.7. The van der Waals surface area contributed by atoms with Gasteiger partial charge in [0.2, 0.25) is 0 Å². The van der Waals surface area contributed by atoms with Gasteiger partial charge in [-0.15, -0.1) is 11.3 Å². The van der Waals surface area contributed by atoms with E-state index in [1.807, 2.05) is 18.2 Å². The van der Waals surface area contributed by atoms with Crippen LogP contribution in [0.1, 0.15) is 17.0 Å². The summed E-state index contributed by atoms with van der Waals surface area (Å²) in [6, 6.07) is 12.2. The van der Waals surface area contributed by atoms with Gasteiger partial charge in [-0.2, -0.15) is 12.6 Å². The predicted octanol–water partition coefficient (Wildman–Crippen LogP) is 4.99. The molecule has 0 fully saturated rings. The lowest BCUT2D eigenvalue weighted by molar-refractivity contribution is 0.582. The van der Waals surface area contributed by atoms with Crippen LogP contribution < -0.4 is 5.56 Å². The molecule has 0 radical (unpaired) electrons. The first-order chi connectivity index (χ1) is 14.2. The van der Waals surface area contributed by atoms with Gasteiger partial charge in [0.05, 0.1) is 17.5 Å². The van der Waals surface area contributed by atoms with Gasteiger partial charge in [0.25, 0.3) is 5.56 Å². The summed E-state index contributed by atoms with van der Waals surface area (Å²) in [4.78, 5) is 26.0. The van der Waals surface area contributed by atoms with Gasteiger partial charge in [0, 0.05) is 22.3 Å². The number of rotatable bonds is 2. The third-order valence-corrected chi connectivity index (χ3v) is 6.83. The number of thiol groups is 1. The number of thiophene rings is 1. The Hall–Kier alpha value is -2.90. The van der Waals surface area contributed by atoms with Crippen molar-refractivity contribution in [1.29, 1.82) is 0 Å². The molecule has 29 heavy (non-hydrogen) atoms. The molecule has 4 aromatic heterocycles. The number of hydrogen-bond acceptors (Lipinski definition) is 6. The van der Waals surface area contributed by atoms with Crippen molar-refractivity contribution in [3.8, 4) is 22.6 Å². The van der Waals surface area contributed by atoms with E-state index in [1.54, 1.807) is 6.26 Å². The van der Waals surface area contributed by atoms with Crippen LogP contribution in [0.5, 0.6) is 0 Å². The third kappa shape index (κ3) is 2.44. The highest BCUT2D eigenvalue weighted by Crippen LogP contribution is 2.45. The first-order valence-corrected chi connectivity index (χ1v) is 10.8. The fourth-order valence-corrected chi connectivity index (χ4v) is 5.40. The minimum atomic E-state index is -0.147. The average Bonchev–Trinajstić information content (AvgIpc) is 3.40. The van der Waals surface area contributed by atoms with Gasteiger partial charge in [-0.1, -0.05) is 24.3 Å². The molecular weight excluding hydrogens is 402 g/mol. The van der Waals surface area contributed by atoms with Crippen molar-refractivity contribution in [2.75, 3.05) is 0 Å². The van der Waals surface area contributed by atoms with Crippen molar-refractivity contribution >= 4 is 44.4 Å². The Kier molecular flexibility index (Phi) is 3.69. The minimum Gasteiger partial charge on any atom is -0.464 e. The van der Waals surface area contributed by atoms with E-state index in [9.17, 15) is 4.79 Å². The number of aryl methyl sites for hydroxylation is 1. The number of nitrogens with zero attached hydrogens (tertiary/aromatic N) is 2. The second kappa shape index (κ2) is 6.30. The molecule has 0 saturated heterocycles. The zero-order valence-corrected chi connectivity index (χ0v) is 16.9. The molecule has 1 aromatic carbocycles. The number of pyridine rings is 1. The highest BCUT2D eigenvalue weighted by atomic mass is 32.1. The molecule has 5 nitrogen and oxygen atoms in total. The number of furan rings is 1. The van der Waals surface area contributed by atoms with Crippen LogP contribution in [-0.2, 0) is 18.6 Å². The molecule has 0 aliphatic heterocycles. The fraction of sp³-hybridized carbons (Fsp3) is 0.136. The van der Waals surface area contributed by atoms with Crippen LogP contribution in [0.3, 0.4) is 0 Å². The number of fused-ring (bicyclic) bond motifs is 6. The largest absolute Gasteiger partial charge is 0.464 e. The van der Waals surface area contributed by atoms with Crippen molar-refractivity contribution in [2.24, 2.45) is 0 Å². The summed E-state index contributed by atoms with van der Waals surface area (Å²) in [5, 5.41) is 0.896. The molecule has 0 atom stereocenters. The summed E-state index contributed by atoms with van der Waals surface area (Å²) in [6.07, 6.45) is 3.49. The Morgan fingerprint density at radius 3 is 2.86 bits per heavy atom. The zero-order valence-electron chi connectivity index (χ0n) is 15.2. The van der Waals surface area contributed by atoms with Crippen molar-refractivity contribution in [3.63, 3.8) is 0 Å². The van der Waals surface area contributed by atoms with Gasteiger partial charge >= 0.3 is 0 Å². The normalized spacial score (nSPS) is 13.0. The Balaban J connectivity index is 1.83. The van der Waals surface area contributed by atoms with Gasteiger partial charge in [-0.25, -0.2) is 9.97 Å². The molecule has 1 N–H and O–H groups in total. The zero-order chi connectivity index (χ0) is 19.5. The maximum Gasteiger partial charge on any atom is 0.268 e. The quantitative estimate of drug-likeness (QED) is 0.397. The van der Waals surface area contributed by atoms with E-state index >= 15 is 0 Å². The summed E-state index contributed by atoms with van der Waals surface area (Å²) >= 11 is 5.67. The topological polar surface area (TPSA) is 71.8 Å². The van der Waals surface area contributed by atoms with Crippen LogP contribution >= 0.6 is 24.0 Å². The number of nitrogens with one attached hydrogen (secondary N) is 1. The molecule has 0 bridgehead atoms. The molecular formula is C22H15N3O2S2. The highest BCUT2D eigenvalue weighted by molar-refractivity contribution is 7.79. The SMILES string of the molecule is O=c1[nH]c(CS)nc2c1sc1nc3c(c(-c4ccco4)c12)CCc1ccccc1-3. The molecule has 5 aromatic rings. The van der Waals surface area contributed by atoms with E-state index in [-0.39, 0.29) is 5.56 Å². The van der Waals surface area contributed by atoms with Crippen LogP contribution in [0.25, 0.3) is 43.0 Å².